The molecule has 0 bridgehead atoms. The van der Waals surface area contributed by atoms with Gasteiger partial charge in [-0.3, -0.25) is 24.5 Å². The second-order valence-electron chi connectivity index (χ2n) is 6.77. The number of hydrogen-bond acceptors (Lipinski definition) is 6. The Balaban J connectivity index is 1.45. The minimum absolute atomic E-state index is 0.0825. The number of aromatic amines is 1. The molecule has 0 spiro atoms. The number of carbonyl (C=O) groups excluding carboxylic acids is 1. The number of carbonyl (C=O) groups is 1. The summed E-state index contributed by atoms with van der Waals surface area (Å²) in [6, 6.07) is 7.20. The molecular formula is C20H19FN6O2. The third kappa shape index (κ3) is 4.45. The lowest BCUT2D eigenvalue weighted by molar-refractivity contribution is -0.117. The van der Waals surface area contributed by atoms with Gasteiger partial charge in [0.15, 0.2) is 0 Å². The molecular weight excluding hydrogens is 375 g/mol. The van der Waals surface area contributed by atoms with Crippen molar-refractivity contribution in [2.45, 2.75) is 18.8 Å². The van der Waals surface area contributed by atoms with E-state index in [9.17, 15) is 14.0 Å². The second-order valence-corrected chi connectivity index (χ2v) is 6.77. The molecule has 2 aromatic heterocycles. The molecule has 29 heavy (non-hydrogen) atoms. The number of anilines is 2. The van der Waals surface area contributed by atoms with Gasteiger partial charge in [0.1, 0.15) is 5.82 Å². The van der Waals surface area contributed by atoms with E-state index in [4.69, 9.17) is 0 Å². The monoisotopic (exact) mass is 394 g/mol. The molecule has 4 rings (SSSR count). The fourth-order valence-electron chi connectivity index (χ4n) is 3.31. The first-order valence-electron chi connectivity index (χ1n) is 9.24. The van der Waals surface area contributed by atoms with Gasteiger partial charge in [-0.05, 0) is 24.3 Å². The second kappa shape index (κ2) is 8.17. The molecule has 9 heteroatoms. The first-order valence-corrected chi connectivity index (χ1v) is 9.24. The highest BCUT2D eigenvalue weighted by Crippen LogP contribution is 2.30. The van der Waals surface area contributed by atoms with E-state index < -0.39 is 0 Å². The van der Waals surface area contributed by atoms with Crippen molar-refractivity contribution >= 4 is 17.5 Å². The van der Waals surface area contributed by atoms with Crippen LogP contribution in [0, 0.1) is 5.82 Å². The Kier molecular flexibility index (Phi) is 5.28. The van der Waals surface area contributed by atoms with Crippen LogP contribution in [0.1, 0.15) is 23.7 Å². The summed E-state index contributed by atoms with van der Waals surface area (Å²) < 4.78 is 13.1. The van der Waals surface area contributed by atoms with Crippen LogP contribution in [-0.2, 0) is 11.2 Å². The zero-order valence-corrected chi connectivity index (χ0v) is 15.5. The Hall–Kier alpha value is -3.62. The molecule has 3 heterocycles. The zero-order chi connectivity index (χ0) is 20.2. The van der Waals surface area contributed by atoms with Crippen LogP contribution in [0.15, 0.2) is 53.7 Å². The van der Waals surface area contributed by atoms with Crippen molar-refractivity contribution in [2.75, 3.05) is 23.3 Å². The van der Waals surface area contributed by atoms with Crippen LogP contribution in [-0.4, -0.2) is 38.9 Å². The summed E-state index contributed by atoms with van der Waals surface area (Å²) in [5, 5.41) is 3.08. The standard InChI is InChI=1S/C20H19FN6O2/c21-14-1-3-16(4-2-14)27-12-13(9-19(27)29)17-10-18(28)26-20(25-17)24-6-5-15-11-22-7-8-23-15/h1-4,7-8,10-11,13H,5-6,9,12H2,(H2,24,25,26,28)/t13-/m0/s1. The smallest absolute Gasteiger partial charge is 0.252 e. The summed E-state index contributed by atoms with van der Waals surface area (Å²) in [7, 11) is 0. The van der Waals surface area contributed by atoms with Crippen LogP contribution in [0.4, 0.5) is 16.0 Å². The van der Waals surface area contributed by atoms with Crippen molar-refractivity contribution < 1.29 is 9.18 Å². The van der Waals surface area contributed by atoms with Crippen molar-refractivity contribution in [1.29, 1.82) is 0 Å². The van der Waals surface area contributed by atoms with Gasteiger partial charge < -0.3 is 10.2 Å². The van der Waals surface area contributed by atoms with Crippen LogP contribution >= 0.6 is 0 Å². The minimum atomic E-state index is -0.356. The maximum absolute atomic E-state index is 13.1. The van der Waals surface area contributed by atoms with Gasteiger partial charge >= 0.3 is 0 Å². The Morgan fingerprint density at radius 1 is 1.21 bits per heavy atom. The predicted molar refractivity (Wildman–Crippen MR) is 105 cm³/mol. The highest BCUT2D eigenvalue weighted by molar-refractivity contribution is 5.96. The van der Waals surface area contributed by atoms with Gasteiger partial charge in [-0.1, -0.05) is 0 Å². The zero-order valence-electron chi connectivity index (χ0n) is 15.5. The summed E-state index contributed by atoms with van der Waals surface area (Å²) in [5.74, 6) is -0.300. The molecule has 0 radical (unpaired) electrons. The normalized spacial score (nSPS) is 16.2. The first-order chi connectivity index (χ1) is 14.1. The molecule has 0 aliphatic carbocycles. The van der Waals surface area contributed by atoms with Gasteiger partial charge in [-0.25, -0.2) is 9.37 Å². The van der Waals surface area contributed by atoms with E-state index in [1.807, 2.05) is 0 Å². The molecule has 2 N–H and O–H groups in total. The van der Waals surface area contributed by atoms with E-state index in [1.165, 1.54) is 18.2 Å². The van der Waals surface area contributed by atoms with Gasteiger partial charge in [0.2, 0.25) is 11.9 Å². The van der Waals surface area contributed by atoms with Crippen LogP contribution < -0.4 is 15.8 Å². The average Bonchev–Trinajstić information content (AvgIpc) is 3.11. The minimum Gasteiger partial charge on any atom is -0.355 e. The molecule has 8 nitrogen and oxygen atoms in total. The van der Waals surface area contributed by atoms with Crippen molar-refractivity contribution in [3.63, 3.8) is 0 Å². The summed E-state index contributed by atoms with van der Waals surface area (Å²) in [4.78, 5) is 41.5. The number of hydrogen-bond donors (Lipinski definition) is 2. The third-order valence-corrected chi connectivity index (χ3v) is 4.73. The van der Waals surface area contributed by atoms with Crippen molar-refractivity contribution in [3.05, 3.63) is 76.5 Å². The summed E-state index contributed by atoms with van der Waals surface area (Å²) in [6.45, 7) is 0.913. The Morgan fingerprint density at radius 3 is 2.79 bits per heavy atom. The number of benzene rings is 1. The number of rotatable bonds is 6. The molecule has 1 fully saturated rings. The number of nitrogens with zero attached hydrogens (tertiary/aromatic N) is 4. The number of aromatic nitrogens is 4. The maximum atomic E-state index is 13.1. The van der Waals surface area contributed by atoms with Gasteiger partial charge in [-0.15, -0.1) is 0 Å². The molecule has 3 aromatic rings. The number of nitrogens with one attached hydrogen (secondary N) is 2. The molecule has 148 valence electrons. The van der Waals surface area contributed by atoms with Crippen LogP contribution in [0.2, 0.25) is 0 Å². The lowest BCUT2D eigenvalue weighted by Gasteiger charge is -2.16. The molecule has 1 aliphatic rings. The predicted octanol–water partition coefficient (Wildman–Crippen LogP) is 1.87. The van der Waals surface area contributed by atoms with Gasteiger partial charge in [0.25, 0.3) is 5.56 Å². The van der Waals surface area contributed by atoms with Crippen molar-refractivity contribution in [2.24, 2.45) is 0 Å². The Morgan fingerprint density at radius 2 is 2.03 bits per heavy atom. The van der Waals surface area contributed by atoms with Crippen LogP contribution in [0.5, 0.6) is 0 Å². The van der Waals surface area contributed by atoms with E-state index in [0.717, 1.165) is 5.69 Å². The molecule has 0 saturated carbocycles. The van der Waals surface area contributed by atoms with Crippen molar-refractivity contribution in [1.82, 2.24) is 19.9 Å². The lowest BCUT2D eigenvalue weighted by atomic mass is 10.0. The van der Waals surface area contributed by atoms with E-state index >= 15 is 0 Å². The molecule has 1 aromatic carbocycles. The molecule has 0 unspecified atom stereocenters. The van der Waals surface area contributed by atoms with Gasteiger partial charge in [-0.2, -0.15) is 0 Å². The average molecular weight is 394 g/mol. The van der Waals surface area contributed by atoms with E-state index in [2.05, 4.69) is 25.3 Å². The van der Waals surface area contributed by atoms with Crippen molar-refractivity contribution in [3.8, 4) is 0 Å². The third-order valence-electron chi connectivity index (χ3n) is 4.73. The maximum Gasteiger partial charge on any atom is 0.252 e. The van der Waals surface area contributed by atoms with Crippen LogP contribution in [0.3, 0.4) is 0 Å². The fraction of sp³-hybridized carbons (Fsp3) is 0.250. The van der Waals surface area contributed by atoms with E-state index in [1.54, 1.807) is 35.6 Å². The van der Waals surface area contributed by atoms with Gasteiger partial charge in [0.05, 0.1) is 11.4 Å². The lowest BCUT2D eigenvalue weighted by Crippen LogP contribution is -2.24. The highest BCUT2D eigenvalue weighted by Gasteiger charge is 2.32. The topological polar surface area (TPSA) is 104 Å². The number of H-pyrrole nitrogens is 1. The van der Waals surface area contributed by atoms with Gasteiger partial charge in [0, 0.05) is 62.2 Å². The van der Waals surface area contributed by atoms with Crippen LogP contribution in [0.25, 0.3) is 0 Å². The van der Waals surface area contributed by atoms with E-state index in [0.29, 0.717) is 36.8 Å². The number of amides is 1. The summed E-state index contributed by atoms with van der Waals surface area (Å²) in [6.07, 6.45) is 5.79. The molecule has 1 saturated heterocycles. The molecule has 1 aliphatic heterocycles. The number of halogens is 1. The largest absolute Gasteiger partial charge is 0.355 e. The molecule has 1 amide bonds. The van der Waals surface area contributed by atoms with E-state index in [-0.39, 0.29) is 29.6 Å². The quantitative estimate of drug-likeness (QED) is 0.662. The highest BCUT2D eigenvalue weighted by atomic mass is 19.1. The Labute approximate surface area is 165 Å². The Bertz CT molecular complexity index is 1050. The summed E-state index contributed by atoms with van der Waals surface area (Å²) in [5.41, 5.74) is 1.72. The molecule has 1 atom stereocenters. The first kappa shape index (κ1) is 18.7. The summed E-state index contributed by atoms with van der Waals surface area (Å²) >= 11 is 0. The fourth-order valence-corrected chi connectivity index (χ4v) is 3.31. The SMILES string of the molecule is O=C1C[C@H](c2cc(=O)[nH]c(NCCc3cnccn3)n2)CN1c1ccc(F)cc1.